The second-order valence-corrected chi connectivity index (χ2v) is 11.5. The lowest BCUT2D eigenvalue weighted by Crippen LogP contribution is -2.21. The number of allylic oxidation sites excluding steroid dienone is 5. The van der Waals surface area contributed by atoms with Crippen molar-refractivity contribution in [2.45, 2.75) is 38.5 Å². The number of hydrogen-bond donors (Lipinski definition) is 2. The lowest BCUT2D eigenvalue weighted by atomic mass is 9.73. The predicted molar refractivity (Wildman–Crippen MR) is 143 cm³/mol. The largest absolute Gasteiger partial charge is 0.437 e. The van der Waals surface area contributed by atoms with Gasteiger partial charge >= 0.3 is 0 Å². The van der Waals surface area contributed by atoms with Crippen LogP contribution in [0.25, 0.3) is 28.4 Å². The molecule has 4 aromatic rings. The molecule has 0 spiro atoms. The highest BCUT2D eigenvalue weighted by molar-refractivity contribution is 7.85. The molecule has 0 bridgehead atoms. The molecule has 1 aliphatic rings. The van der Waals surface area contributed by atoms with Crippen molar-refractivity contribution in [1.29, 1.82) is 0 Å². The van der Waals surface area contributed by atoms with Gasteiger partial charge in [-0.25, -0.2) is 9.67 Å². The highest BCUT2D eigenvalue weighted by Gasteiger charge is 2.29. The molecular formula is C28H27N3O5S. The van der Waals surface area contributed by atoms with Crippen LogP contribution in [-0.4, -0.2) is 27.7 Å². The SMILES string of the molecule is Cc1[nH]n(-c2ccc(S(=O)(=O)O)cc2)c(=O)c1C1=C/C(=C/C=C/c2nc3ccccc3o2)CC(C)(C)C1. The average molecular weight is 518 g/mol. The molecule has 0 amide bonds. The first kappa shape index (κ1) is 24.7. The lowest BCUT2D eigenvalue weighted by Gasteiger charge is -2.31. The maximum absolute atomic E-state index is 13.4. The van der Waals surface area contributed by atoms with E-state index >= 15 is 0 Å². The zero-order valence-corrected chi connectivity index (χ0v) is 21.5. The van der Waals surface area contributed by atoms with Crippen LogP contribution < -0.4 is 5.56 Å². The van der Waals surface area contributed by atoms with Crippen molar-refractivity contribution in [3.05, 3.63) is 99.8 Å². The van der Waals surface area contributed by atoms with E-state index in [0.717, 1.165) is 35.1 Å². The van der Waals surface area contributed by atoms with Gasteiger partial charge in [-0.05, 0) is 72.7 Å². The van der Waals surface area contributed by atoms with Crippen LogP contribution in [-0.2, 0) is 10.1 Å². The summed E-state index contributed by atoms with van der Waals surface area (Å²) < 4.78 is 39.1. The second-order valence-electron chi connectivity index (χ2n) is 10.0. The fourth-order valence-electron chi connectivity index (χ4n) is 4.81. The number of fused-ring (bicyclic) bond motifs is 1. The number of aryl methyl sites for hydroxylation is 1. The fraction of sp³-hybridized carbons (Fsp3) is 0.214. The first-order valence-electron chi connectivity index (χ1n) is 11.8. The Bertz CT molecular complexity index is 1710. The quantitative estimate of drug-likeness (QED) is 0.328. The third-order valence-electron chi connectivity index (χ3n) is 6.36. The van der Waals surface area contributed by atoms with Gasteiger partial charge in [0.05, 0.1) is 16.1 Å². The molecule has 9 heteroatoms. The Morgan fingerprint density at radius 2 is 1.84 bits per heavy atom. The normalized spacial score (nSPS) is 17.1. The van der Waals surface area contributed by atoms with Crippen LogP contribution in [0.15, 0.2) is 86.4 Å². The molecule has 190 valence electrons. The molecule has 0 radical (unpaired) electrons. The van der Waals surface area contributed by atoms with E-state index in [1.54, 1.807) is 0 Å². The summed E-state index contributed by atoms with van der Waals surface area (Å²) in [7, 11) is -4.31. The fourth-order valence-corrected chi connectivity index (χ4v) is 5.29. The highest BCUT2D eigenvalue weighted by Crippen LogP contribution is 2.41. The van der Waals surface area contributed by atoms with Crippen molar-refractivity contribution in [2.24, 2.45) is 5.41 Å². The molecule has 0 unspecified atom stereocenters. The summed E-state index contributed by atoms with van der Waals surface area (Å²) in [5.74, 6) is 0.529. The smallest absolute Gasteiger partial charge is 0.294 e. The van der Waals surface area contributed by atoms with Crippen molar-refractivity contribution >= 4 is 32.9 Å². The maximum atomic E-state index is 13.4. The summed E-state index contributed by atoms with van der Waals surface area (Å²) in [5.41, 5.74) is 5.08. The number of benzene rings is 2. The lowest BCUT2D eigenvalue weighted by molar-refractivity contribution is 0.369. The molecule has 37 heavy (non-hydrogen) atoms. The Hall–Kier alpha value is -3.95. The topological polar surface area (TPSA) is 118 Å². The van der Waals surface area contributed by atoms with Gasteiger partial charge in [-0.1, -0.05) is 44.2 Å². The molecule has 0 saturated carbocycles. The van der Waals surface area contributed by atoms with E-state index in [2.05, 4.69) is 30.0 Å². The number of hydrogen-bond acceptors (Lipinski definition) is 5. The molecule has 0 fully saturated rings. The minimum atomic E-state index is -4.31. The standard InChI is InChI=1S/C28H27N3O5S/c1-18-26(27(32)31(30-18)21-11-13-22(14-12-21)37(33,34)35)20-15-19(16-28(2,3)17-20)7-6-10-25-29-23-8-4-5-9-24(23)36-25/h4-15,30H,16-17H2,1-3H3,(H,33,34,35)/b10-6+,19-7-. The average Bonchev–Trinajstić information content (AvgIpc) is 3.37. The molecule has 8 nitrogen and oxygen atoms in total. The Kier molecular flexibility index (Phi) is 6.13. The predicted octanol–water partition coefficient (Wildman–Crippen LogP) is 5.71. The van der Waals surface area contributed by atoms with Gasteiger partial charge in [0.2, 0.25) is 5.89 Å². The summed E-state index contributed by atoms with van der Waals surface area (Å²) in [4.78, 5) is 17.7. The van der Waals surface area contributed by atoms with Crippen molar-refractivity contribution in [3.63, 3.8) is 0 Å². The number of rotatable bonds is 5. The van der Waals surface area contributed by atoms with Gasteiger partial charge in [-0.3, -0.25) is 14.4 Å². The minimum absolute atomic E-state index is 0.0561. The molecule has 2 aromatic carbocycles. The molecular weight excluding hydrogens is 490 g/mol. The van der Waals surface area contributed by atoms with Crippen molar-refractivity contribution in [2.75, 3.05) is 0 Å². The van der Waals surface area contributed by atoms with Gasteiger partial charge in [0.1, 0.15) is 5.52 Å². The molecule has 0 atom stereocenters. The van der Waals surface area contributed by atoms with Gasteiger partial charge in [-0.2, -0.15) is 8.42 Å². The van der Waals surface area contributed by atoms with Crippen LogP contribution in [0.5, 0.6) is 0 Å². The van der Waals surface area contributed by atoms with E-state index in [1.807, 2.05) is 49.4 Å². The van der Waals surface area contributed by atoms with E-state index in [-0.39, 0.29) is 15.9 Å². The molecule has 5 rings (SSSR count). The third-order valence-corrected chi connectivity index (χ3v) is 7.22. The summed E-state index contributed by atoms with van der Waals surface area (Å²) in [6.07, 6.45) is 9.40. The van der Waals surface area contributed by atoms with Gasteiger partial charge in [-0.15, -0.1) is 0 Å². The first-order chi connectivity index (χ1) is 17.5. The number of H-pyrrole nitrogens is 1. The van der Waals surface area contributed by atoms with Crippen LogP contribution >= 0.6 is 0 Å². The number of aromatic amines is 1. The van der Waals surface area contributed by atoms with E-state index in [4.69, 9.17) is 4.42 Å². The second kappa shape index (κ2) is 9.17. The van der Waals surface area contributed by atoms with Crippen molar-refractivity contribution in [1.82, 2.24) is 14.8 Å². The van der Waals surface area contributed by atoms with Gasteiger partial charge < -0.3 is 4.42 Å². The van der Waals surface area contributed by atoms with E-state index in [1.165, 1.54) is 28.9 Å². The van der Waals surface area contributed by atoms with Crippen LogP contribution in [0.3, 0.4) is 0 Å². The molecule has 0 saturated heterocycles. The maximum Gasteiger partial charge on any atom is 0.294 e. The van der Waals surface area contributed by atoms with Crippen LogP contribution in [0.1, 0.15) is 43.8 Å². The molecule has 1 aliphatic carbocycles. The number of nitrogens with one attached hydrogen (secondary N) is 1. The van der Waals surface area contributed by atoms with E-state index < -0.39 is 10.1 Å². The summed E-state index contributed by atoms with van der Waals surface area (Å²) >= 11 is 0. The number of oxazole rings is 1. The molecule has 2 N–H and O–H groups in total. The highest BCUT2D eigenvalue weighted by atomic mass is 32.2. The Morgan fingerprint density at radius 3 is 2.54 bits per heavy atom. The minimum Gasteiger partial charge on any atom is -0.437 e. The molecule has 0 aliphatic heterocycles. The first-order valence-corrected chi connectivity index (χ1v) is 13.3. The Labute approximate surface area is 214 Å². The van der Waals surface area contributed by atoms with Crippen LogP contribution in [0.2, 0.25) is 0 Å². The van der Waals surface area contributed by atoms with Gasteiger partial charge in [0.25, 0.3) is 15.7 Å². The van der Waals surface area contributed by atoms with Gasteiger partial charge in [0, 0.05) is 11.8 Å². The number of para-hydroxylation sites is 2. The van der Waals surface area contributed by atoms with E-state index in [9.17, 15) is 17.8 Å². The van der Waals surface area contributed by atoms with Gasteiger partial charge in [0.15, 0.2) is 5.58 Å². The Morgan fingerprint density at radius 1 is 1.11 bits per heavy atom. The zero-order chi connectivity index (χ0) is 26.4. The van der Waals surface area contributed by atoms with Crippen molar-refractivity contribution in [3.8, 4) is 5.69 Å². The van der Waals surface area contributed by atoms with Crippen LogP contribution in [0, 0.1) is 12.3 Å². The third kappa shape index (κ3) is 5.14. The summed E-state index contributed by atoms with van der Waals surface area (Å²) in [5, 5.41) is 3.10. The molecule has 2 heterocycles. The zero-order valence-electron chi connectivity index (χ0n) is 20.7. The van der Waals surface area contributed by atoms with Crippen molar-refractivity contribution < 1.29 is 17.4 Å². The Balaban J connectivity index is 1.47. The summed E-state index contributed by atoms with van der Waals surface area (Å²) in [6.45, 7) is 6.19. The van der Waals surface area contributed by atoms with E-state index in [0.29, 0.717) is 22.8 Å². The number of aromatic nitrogens is 3. The molecule has 2 aromatic heterocycles. The monoisotopic (exact) mass is 517 g/mol. The van der Waals surface area contributed by atoms with Crippen LogP contribution in [0.4, 0.5) is 0 Å². The number of nitrogens with zero attached hydrogens (tertiary/aromatic N) is 2. The summed E-state index contributed by atoms with van der Waals surface area (Å²) in [6, 6.07) is 13.1.